The third-order valence-corrected chi connectivity index (χ3v) is 4.05. The number of guanidine groups is 1. The third kappa shape index (κ3) is 4.72. The summed E-state index contributed by atoms with van der Waals surface area (Å²) in [4.78, 5) is 4.09. The first-order chi connectivity index (χ1) is 12.8. The molecule has 3 aromatic heterocycles. The molecule has 0 radical (unpaired) electrons. The van der Waals surface area contributed by atoms with Gasteiger partial charge in [0.1, 0.15) is 5.76 Å². The van der Waals surface area contributed by atoms with Gasteiger partial charge in [0.2, 0.25) is 0 Å². The topological polar surface area (TPSA) is 92.6 Å². The number of nitrogens with zero attached hydrogens (tertiary/aromatic N) is 5. The van der Waals surface area contributed by atoms with Crippen LogP contribution in [0.3, 0.4) is 0 Å². The van der Waals surface area contributed by atoms with Gasteiger partial charge in [-0.25, -0.2) is 0 Å². The average molecular weight is 509 g/mol. The molecule has 8 nitrogen and oxygen atoms in total. The lowest BCUT2D eigenvalue weighted by atomic mass is 10.2. The van der Waals surface area contributed by atoms with Crippen LogP contribution in [0.1, 0.15) is 28.4 Å². The van der Waals surface area contributed by atoms with Crippen molar-refractivity contribution in [1.82, 2.24) is 30.4 Å². The lowest BCUT2D eigenvalue weighted by molar-refractivity contribution is -0.137. The Kier molecular flexibility index (Phi) is 6.85. The first-order valence-corrected chi connectivity index (χ1v) is 8.06. The van der Waals surface area contributed by atoms with E-state index in [1.54, 1.807) is 7.05 Å². The normalized spacial score (nSPS) is 12.1. The third-order valence-electron chi connectivity index (χ3n) is 4.05. The second-order valence-corrected chi connectivity index (χ2v) is 5.84. The molecule has 152 valence electrons. The highest BCUT2D eigenvalue weighted by Gasteiger charge is 2.31. The smallest absolute Gasteiger partial charge is 0.361 e. The fraction of sp³-hybridized carbons (Fsp3) is 0.375. The Bertz CT molecular complexity index is 961. The van der Waals surface area contributed by atoms with Crippen LogP contribution in [-0.4, -0.2) is 32.8 Å². The Morgan fingerprint density at radius 2 is 1.89 bits per heavy atom. The zero-order valence-electron chi connectivity index (χ0n) is 15.3. The van der Waals surface area contributed by atoms with Gasteiger partial charge in [-0.1, -0.05) is 5.16 Å². The molecule has 3 heterocycles. The molecular weight excluding hydrogens is 490 g/mol. The van der Waals surface area contributed by atoms with Crippen LogP contribution in [0.15, 0.2) is 27.8 Å². The number of hydrogen-bond acceptors (Lipinski definition) is 5. The van der Waals surface area contributed by atoms with Gasteiger partial charge in [0.15, 0.2) is 17.4 Å². The highest BCUT2D eigenvalue weighted by atomic mass is 127. The van der Waals surface area contributed by atoms with Crippen LogP contribution >= 0.6 is 24.0 Å². The van der Waals surface area contributed by atoms with E-state index in [1.165, 1.54) is 10.5 Å². The van der Waals surface area contributed by atoms with E-state index in [1.807, 2.05) is 13.8 Å². The molecule has 0 amide bonds. The second kappa shape index (κ2) is 8.75. The minimum absolute atomic E-state index is 0. The highest BCUT2D eigenvalue weighted by Crippen LogP contribution is 2.29. The Labute approximate surface area is 175 Å². The molecule has 2 N–H and O–H groups in total. The van der Waals surface area contributed by atoms with Gasteiger partial charge >= 0.3 is 6.18 Å². The Hall–Kier alpha value is -2.38. The first-order valence-electron chi connectivity index (χ1n) is 8.06. The van der Waals surface area contributed by atoms with Crippen LogP contribution in [-0.2, 0) is 19.3 Å². The molecule has 3 rings (SSSR count). The molecule has 0 spiro atoms. The van der Waals surface area contributed by atoms with E-state index in [0.717, 1.165) is 23.5 Å². The summed E-state index contributed by atoms with van der Waals surface area (Å²) < 4.78 is 45.1. The largest absolute Gasteiger partial charge is 0.417 e. The molecule has 12 heteroatoms. The van der Waals surface area contributed by atoms with Gasteiger partial charge in [-0.2, -0.15) is 13.2 Å². The molecule has 0 aliphatic heterocycles. The molecule has 0 fully saturated rings. The summed E-state index contributed by atoms with van der Waals surface area (Å²) >= 11 is 0. The number of aliphatic imine (C=N–C) groups is 1. The Morgan fingerprint density at radius 3 is 2.50 bits per heavy atom. The summed E-state index contributed by atoms with van der Waals surface area (Å²) in [7, 11) is 1.59. The van der Waals surface area contributed by atoms with E-state index in [2.05, 4.69) is 31.0 Å². The van der Waals surface area contributed by atoms with Crippen LogP contribution in [0.4, 0.5) is 13.2 Å². The van der Waals surface area contributed by atoms with Crippen molar-refractivity contribution >= 4 is 35.6 Å². The SMILES string of the molecule is CN=C(NCc1c(C)noc1C)NCc1nnc2ccc(C(F)(F)F)cn12.I. The predicted octanol–water partition coefficient (Wildman–Crippen LogP) is 2.84. The van der Waals surface area contributed by atoms with Gasteiger partial charge in [-0.05, 0) is 26.0 Å². The van der Waals surface area contributed by atoms with Gasteiger partial charge in [-0.3, -0.25) is 9.39 Å². The van der Waals surface area contributed by atoms with Crippen molar-refractivity contribution in [3.8, 4) is 0 Å². The standard InChI is InChI=1S/C16H18F3N7O.HI/c1-9-12(10(2)27-25-9)6-21-15(20-3)22-7-14-24-23-13-5-4-11(8-26(13)14)16(17,18)19;/h4-5,8H,6-7H2,1-3H3,(H2,20,21,22);1H. The molecule has 0 atom stereocenters. The van der Waals surface area contributed by atoms with E-state index >= 15 is 0 Å². The number of hydrogen-bond donors (Lipinski definition) is 2. The maximum Gasteiger partial charge on any atom is 0.417 e. The quantitative estimate of drug-likeness (QED) is 0.320. The maximum atomic E-state index is 12.9. The summed E-state index contributed by atoms with van der Waals surface area (Å²) in [6, 6.07) is 2.26. The van der Waals surface area contributed by atoms with Crippen LogP contribution in [0.2, 0.25) is 0 Å². The van der Waals surface area contributed by atoms with E-state index in [-0.39, 0.29) is 30.5 Å². The summed E-state index contributed by atoms with van der Waals surface area (Å²) in [6.45, 7) is 4.24. The van der Waals surface area contributed by atoms with Crippen molar-refractivity contribution in [3.05, 3.63) is 46.7 Å². The minimum atomic E-state index is -4.44. The number of alkyl halides is 3. The zero-order chi connectivity index (χ0) is 19.6. The summed E-state index contributed by atoms with van der Waals surface area (Å²) in [5.74, 6) is 1.49. The summed E-state index contributed by atoms with van der Waals surface area (Å²) in [6.07, 6.45) is -3.46. The first kappa shape index (κ1) is 21.9. The van der Waals surface area contributed by atoms with Crippen molar-refractivity contribution in [3.63, 3.8) is 0 Å². The zero-order valence-corrected chi connectivity index (χ0v) is 17.7. The number of rotatable bonds is 4. The number of aryl methyl sites for hydroxylation is 2. The van der Waals surface area contributed by atoms with Gasteiger partial charge in [0.25, 0.3) is 0 Å². The molecular formula is C16H19F3IN7O. The molecule has 0 saturated carbocycles. The molecule has 0 bridgehead atoms. The fourth-order valence-corrected chi connectivity index (χ4v) is 2.54. The molecule has 0 aliphatic carbocycles. The fourth-order valence-electron chi connectivity index (χ4n) is 2.54. The Morgan fingerprint density at radius 1 is 1.18 bits per heavy atom. The van der Waals surface area contributed by atoms with E-state index in [9.17, 15) is 13.2 Å². The molecule has 0 aromatic carbocycles. The van der Waals surface area contributed by atoms with Crippen molar-refractivity contribution in [2.75, 3.05) is 7.05 Å². The van der Waals surface area contributed by atoms with E-state index < -0.39 is 11.7 Å². The van der Waals surface area contributed by atoms with Crippen molar-refractivity contribution in [1.29, 1.82) is 0 Å². The monoisotopic (exact) mass is 509 g/mol. The van der Waals surface area contributed by atoms with Gasteiger partial charge in [0, 0.05) is 25.4 Å². The lowest BCUT2D eigenvalue weighted by Crippen LogP contribution is -2.37. The minimum Gasteiger partial charge on any atom is -0.361 e. The molecule has 28 heavy (non-hydrogen) atoms. The second-order valence-electron chi connectivity index (χ2n) is 5.84. The molecule has 3 aromatic rings. The predicted molar refractivity (Wildman–Crippen MR) is 106 cm³/mol. The number of fused-ring (bicyclic) bond motifs is 1. The molecule has 0 unspecified atom stereocenters. The molecule has 0 aliphatic rings. The van der Waals surface area contributed by atoms with E-state index in [4.69, 9.17) is 4.52 Å². The summed E-state index contributed by atoms with van der Waals surface area (Å²) in [5.41, 5.74) is 1.26. The van der Waals surface area contributed by atoms with Crippen LogP contribution in [0, 0.1) is 13.8 Å². The van der Waals surface area contributed by atoms with Crippen LogP contribution < -0.4 is 10.6 Å². The Balaban J connectivity index is 0.00000280. The molecule has 0 saturated heterocycles. The van der Waals surface area contributed by atoms with Gasteiger partial charge in [-0.15, -0.1) is 34.2 Å². The van der Waals surface area contributed by atoms with Crippen molar-refractivity contribution in [2.45, 2.75) is 33.1 Å². The average Bonchev–Trinajstić information content (AvgIpc) is 3.17. The number of halogens is 4. The van der Waals surface area contributed by atoms with Crippen LogP contribution in [0.5, 0.6) is 0 Å². The van der Waals surface area contributed by atoms with Gasteiger partial charge < -0.3 is 15.2 Å². The number of aromatic nitrogens is 4. The van der Waals surface area contributed by atoms with E-state index in [0.29, 0.717) is 29.7 Å². The highest BCUT2D eigenvalue weighted by molar-refractivity contribution is 14.0. The number of pyridine rings is 1. The van der Waals surface area contributed by atoms with Crippen molar-refractivity contribution < 1.29 is 17.7 Å². The van der Waals surface area contributed by atoms with Gasteiger partial charge in [0.05, 0.1) is 17.8 Å². The number of nitrogens with one attached hydrogen (secondary N) is 2. The maximum absolute atomic E-state index is 12.9. The van der Waals surface area contributed by atoms with Crippen molar-refractivity contribution in [2.24, 2.45) is 4.99 Å². The summed E-state index contributed by atoms with van der Waals surface area (Å²) in [5, 5.41) is 17.8. The lowest BCUT2D eigenvalue weighted by Gasteiger charge is -2.11. The van der Waals surface area contributed by atoms with Crippen LogP contribution in [0.25, 0.3) is 5.65 Å².